The van der Waals surface area contributed by atoms with Crippen LogP contribution in [0, 0.1) is 0 Å². The molecule has 5 heteroatoms. The average molecular weight is 147 g/mol. The Morgan fingerprint density at radius 3 is 2.33 bits per heavy atom. The molecule has 0 saturated heterocycles. The minimum atomic E-state index is -0.723. The highest BCUT2D eigenvalue weighted by molar-refractivity contribution is 8.26. The minimum Gasteiger partial charge on any atom is -0.123 e. The molecule has 0 spiro atoms. The molecular formula is C4H11N4S+. The SMILES string of the molecule is CS(C)(C)[n+]1cnn[nH]1. The van der Waals surface area contributed by atoms with Crippen LogP contribution in [0.25, 0.3) is 0 Å². The summed E-state index contributed by atoms with van der Waals surface area (Å²) in [4.78, 5) is 0. The highest BCUT2D eigenvalue weighted by atomic mass is 32.3. The van der Waals surface area contributed by atoms with E-state index in [2.05, 4.69) is 34.3 Å². The third-order valence-corrected chi connectivity index (χ3v) is 2.30. The van der Waals surface area contributed by atoms with E-state index in [0.717, 1.165) is 0 Å². The molecule has 0 saturated carbocycles. The number of tetrazole rings is 1. The Balaban J connectivity index is 2.90. The van der Waals surface area contributed by atoms with E-state index in [1.807, 2.05) is 4.09 Å². The first-order valence-corrected chi connectivity index (χ1v) is 5.39. The van der Waals surface area contributed by atoms with Crippen LogP contribution < -0.4 is 4.09 Å². The summed E-state index contributed by atoms with van der Waals surface area (Å²) in [5.74, 6) is 0. The Bertz CT molecular complexity index is 175. The smallest absolute Gasteiger partial charge is 0.123 e. The van der Waals surface area contributed by atoms with Gasteiger partial charge in [-0.1, -0.05) is 5.21 Å². The van der Waals surface area contributed by atoms with Crippen molar-refractivity contribution in [1.82, 2.24) is 15.5 Å². The molecule has 0 aliphatic rings. The molecule has 0 aliphatic carbocycles. The van der Waals surface area contributed by atoms with Gasteiger partial charge < -0.3 is 0 Å². The fourth-order valence-electron chi connectivity index (χ4n) is 0.432. The zero-order chi connectivity index (χ0) is 6.91. The van der Waals surface area contributed by atoms with Gasteiger partial charge in [0.1, 0.15) is 5.10 Å². The van der Waals surface area contributed by atoms with Gasteiger partial charge in [-0.25, -0.2) is 0 Å². The molecule has 52 valence electrons. The largest absolute Gasteiger partial charge is 0.298 e. The second-order valence-corrected chi connectivity index (χ2v) is 6.47. The normalized spacial score (nSPS) is 13.7. The zero-order valence-electron chi connectivity index (χ0n) is 5.83. The van der Waals surface area contributed by atoms with E-state index in [4.69, 9.17) is 0 Å². The predicted octanol–water partition coefficient (Wildman–Crippen LogP) is -0.451. The molecule has 0 aromatic carbocycles. The van der Waals surface area contributed by atoms with E-state index in [-0.39, 0.29) is 0 Å². The molecule has 0 amide bonds. The fraction of sp³-hybridized carbons (Fsp3) is 0.750. The lowest BCUT2D eigenvalue weighted by Gasteiger charge is -2.18. The van der Waals surface area contributed by atoms with Crippen molar-refractivity contribution in [2.45, 2.75) is 0 Å². The Kier molecular flexibility index (Phi) is 1.44. The van der Waals surface area contributed by atoms with Crippen molar-refractivity contribution in [2.24, 2.45) is 0 Å². The van der Waals surface area contributed by atoms with Crippen LogP contribution in [-0.2, 0) is 0 Å². The molecule has 0 fully saturated rings. The summed E-state index contributed by atoms with van der Waals surface area (Å²) in [5.41, 5.74) is 0. The Morgan fingerprint density at radius 1 is 1.44 bits per heavy atom. The van der Waals surface area contributed by atoms with Crippen molar-refractivity contribution in [3.63, 3.8) is 0 Å². The van der Waals surface area contributed by atoms with Crippen molar-refractivity contribution < 1.29 is 4.09 Å². The summed E-state index contributed by atoms with van der Waals surface area (Å²) in [6, 6.07) is 0. The first kappa shape index (κ1) is 6.54. The van der Waals surface area contributed by atoms with Crippen LogP contribution in [0.4, 0.5) is 0 Å². The predicted molar refractivity (Wildman–Crippen MR) is 37.3 cm³/mol. The summed E-state index contributed by atoms with van der Waals surface area (Å²) in [7, 11) is -0.723. The minimum absolute atomic E-state index is 0.723. The third kappa shape index (κ3) is 1.41. The number of hydrogen-bond acceptors (Lipinski definition) is 2. The number of rotatable bonds is 1. The van der Waals surface area contributed by atoms with Crippen molar-refractivity contribution in [2.75, 3.05) is 18.8 Å². The van der Waals surface area contributed by atoms with Gasteiger partial charge in [0.05, 0.1) is 0 Å². The van der Waals surface area contributed by atoms with Gasteiger partial charge in [0, 0.05) is 0 Å². The first-order valence-electron chi connectivity index (χ1n) is 2.57. The number of nitrogens with one attached hydrogen (secondary N) is 1. The van der Waals surface area contributed by atoms with Crippen molar-refractivity contribution in [3.05, 3.63) is 6.33 Å². The second kappa shape index (κ2) is 1.98. The maximum absolute atomic E-state index is 3.67. The maximum Gasteiger partial charge on any atom is 0.298 e. The van der Waals surface area contributed by atoms with Gasteiger partial charge in [0.25, 0.3) is 6.33 Å². The van der Waals surface area contributed by atoms with E-state index in [1.165, 1.54) is 0 Å². The van der Waals surface area contributed by atoms with E-state index >= 15 is 0 Å². The van der Waals surface area contributed by atoms with Crippen molar-refractivity contribution >= 4 is 10.2 Å². The lowest BCUT2D eigenvalue weighted by molar-refractivity contribution is -0.574. The zero-order valence-corrected chi connectivity index (χ0v) is 6.64. The number of hydrogen-bond donors (Lipinski definition) is 1. The Labute approximate surface area is 55.7 Å². The van der Waals surface area contributed by atoms with Crippen LogP contribution in [0.3, 0.4) is 0 Å². The number of nitrogens with zero attached hydrogens (tertiary/aromatic N) is 3. The van der Waals surface area contributed by atoms with Gasteiger partial charge in [0.15, 0.2) is 5.21 Å². The summed E-state index contributed by atoms with van der Waals surface area (Å²) in [6.45, 7) is 0. The lowest BCUT2D eigenvalue weighted by atomic mass is 11.4. The molecule has 1 aromatic heterocycles. The van der Waals surface area contributed by atoms with Gasteiger partial charge in [-0.3, -0.25) is 0 Å². The highest BCUT2D eigenvalue weighted by Gasteiger charge is 2.11. The molecule has 0 atom stereocenters. The molecule has 1 heterocycles. The van der Waals surface area contributed by atoms with Gasteiger partial charge in [-0.05, 0) is 18.8 Å². The number of aromatic nitrogens is 4. The molecule has 0 unspecified atom stereocenters. The maximum atomic E-state index is 3.67. The van der Waals surface area contributed by atoms with E-state index in [9.17, 15) is 0 Å². The molecule has 0 aliphatic heterocycles. The monoisotopic (exact) mass is 147 g/mol. The molecule has 1 rings (SSSR count). The first-order chi connectivity index (χ1) is 4.11. The van der Waals surface area contributed by atoms with Crippen LogP contribution in [0.5, 0.6) is 0 Å². The Morgan fingerprint density at radius 2 is 2.11 bits per heavy atom. The number of H-pyrrole nitrogens is 1. The van der Waals surface area contributed by atoms with Crippen LogP contribution >= 0.6 is 10.2 Å². The van der Waals surface area contributed by atoms with Gasteiger partial charge in [0.2, 0.25) is 0 Å². The molecule has 9 heavy (non-hydrogen) atoms. The third-order valence-electron chi connectivity index (χ3n) is 0.948. The van der Waals surface area contributed by atoms with E-state index < -0.39 is 10.2 Å². The second-order valence-electron chi connectivity index (χ2n) is 2.53. The molecule has 0 radical (unpaired) electrons. The molecule has 1 aromatic rings. The van der Waals surface area contributed by atoms with Crippen LogP contribution in [0.1, 0.15) is 0 Å². The quantitative estimate of drug-likeness (QED) is 0.547. The van der Waals surface area contributed by atoms with Crippen molar-refractivity contribution in [1.29, 1.82) is 0 Å². The summed E-state index contributed by atoms with van der Waals surface area (Å²) in [5, 5.41) is 10.0. The fourth-order valence-corrected chi connectivity index (χ4v) is 1.04. The molecule has 1 N–H and O–H groups in total. The van der Waals surface area contributed by atoms with Gasteiger partial charge >= 0.3 is 0 Å². The topological polar surface area (TPSA) is 45.5 Å². The summed E-state index contributed by atoms with van der Waals surface area (Å²) < 4.78 is 1.92. The summed E-state index contributed by atoms with van der Waals surface area (Å²) in [6.07, 6.45) is 8.18. The van der Waals surface area contributed by atoms with E-state index in [0.29, 0.717) is 0 Å². The molecule has 4 nitrogen and oxygen atoms in total. The standard InChI is InChI=1S/C4H10N4S/c1-9(2,3)8-4-5-6-7-8/h4H,1-3H3/p+1. The highest BCUT2D eigenvalue weighted by Crippen LogP contribution is 2.25. The molecular weight excluding hydrogens is 136 g/mol. The van der Waals surface area contributed by atoms with E-state index in [1.54, 1.807) is 6.33 Å². The van der Waals surface area contributed by atoms with Gasteiger partial charge in [-0.15, -0.1) is 14.3 Å². The van der Waals surface area contributed by atoms with Crippen LogP contribution in [0.15, 0.2) is 6.33 Å². The van der Waals surface area contributed by atoms with Gasteiger partial charge in [-0.2, -0.15) is 0 Å². The number of aromatic amines is 1. The van der Waals surface area contributed by atoms with Crippen molar-refractivity contribution in [3.8, 4) is 0 Å². The Hall–Kier alpha value is -0.580. The van der Waals surface area contributed by atoms with Crippen LogP contribution in [-0.4, -0.2) is 34.3 Å². The summed E-state index contributed by atoms with van der Waals surface area (Å²) >= 11 is 0. The average Bonchev–Trinajstić information content (AvgIpc) is 2.08. The molecule has 0 bridgehead atoms. The lowest BCUT2D eigenvalue weighted by Crippen LogP contribution is -2.38. The van der Waals surface area contributed by atoms with Crippen LogP contribution in [0.2, 0.25) is 0 Å².